The van der Waals surface area contributed by atoms with Gasteiger partial charge in [0, 0.05) is 24.3 Å². The summed E-state index contributed by atoms with van der Waals surface area (Å²) >= 11 is 3.41. The van der Waals surface area contributed by atoms with E-state index in [0.29, 0.717) is 11.0 Å². The van der Waals surface area contributed by atoms with Crippen LogP contribution >= 0.6 is 15.9 Å². The lowest BCUT2D eigenvalue weighted by molar-refractivity contribution is -0.128. The highest BCUT2D eigenvalue weighted by molar-refractivity contribution is 9.10. The molecular formula is C15H15BrN2O2. The molecule has 0 spiro atoms. The standard InChI is InChI=1S/C15H15BrN2O2/c1-14(2)9-15(20-3,7-10(8-17)12(14)19)11-5-4-6-18-13(11)16/h4-7H,9H2,1-3H3/t15-/m1/s1. The zero-order valence-corrected chi connectivity index (χ0v) is 13.2. The second-order valence-electron chi connectivity index (χ2n) is 5.49. The summed E-state index contributed by atoms with van der Waals surface area (Å²) in [6.07, 6.45) is 3.75. The van der Waals surface area contributed by atoms with Crippen molar-refractivity contribution in [2.24, 2.45) is 5.41 Å². The summed E-state index contributed by atoms with van der Waals surface area (Å²) in [7, 11) is 1.58. The molecule has 0 N–H and O–H groups in total. The zero-order valence-electron chi connectivity index (χ0n) is 11.6. The average molecular weight is 335 g/mol. The highest BCUT2D eigenvalue weighted by atomic mass is 79.9. The van der Waals surface area contributed by atoms with Gasteiger partial charge in [-0.05, 0) is 34.5 Å². The van der Waals surface area contributed by atoms with Gasteiger partial charge in [0.15, 0.2) is 5.78 Å². The molecule has 5 heteroatoms. The van der Waals surface area contributed by atoms with E-state index in [9.17, 15) is 10.1 Å². The Kier molecular flexibility index (Phi) is 3.81. The van der Waals surface area contributed by atoms with Crippen molar-refractivity contribution in [3.05, 3.63) is 40.1 Å². The molecule has 2 rings (SSSR count). The molecule has 0 bridgehead atoms. The maximum Gasteiger partial charge on any atom is 0.178 e. The Balaban J connectivity index is 2.68. The molecule has 0 unspecified atom stereocenters. The van der Waals surface area contributed by atoms with Gasteiger partial charge in [0.25, 0.3) is 0 Å². The van der Waals surface area contributed by atoms with Crippen molar-refractivity contribution in [3.8, 4) is 6.07 Å². The lowest BCUT2D eigenvalue weighted by atomic mass is 9.68. The minimum absolute atomic E-state index is 0.138. The predicted molar refractivity (Wildman–Crippen MR) is 77.7 cm³/mol. The number of ketones is 1. The van der Waals surface area contributed by atoms with Crippen LogP contribution in [0.15, 0.2) is 34.6 Å². The highest BCUT2D eigenvalue weighted by Gasteiger charge is 2.47. The summed E-state index contributed by atoms with van der Waals surface area (Å²) in [6.45, 7) is 3.66. The maximum absolute atomic E-state index is 12.2. The molecule has 1 aliphatic rings. The predicted octanol–water partition coefficient (Wildman–Crippen LogP) is 3.13. The van der Waals surface area contributed by atoms with Gasteiger partial charge < -0.3 is 4.74 Å². The van der Waals surface area contributed by atoms with Crippen LogP contribution in [0.3, 0.4) is 0 Å². The fraction of sp³-hybridized carbons (Fsp3) is 0.400. The second-order valence-corrected chi connectivity index (χ2v) is 6.25. The van der Waals surface area contributed by atoms with Crippen molar-refractivity contribution < 1.29 is 9.53 Å². The van der Waals surface area contributed by atoms with E-state index in [4.69, 9.17) is 4.74 Å². The van der Waals surface area contributed by atoms with Crippen LogP contribution < -0.4 is 0 Å². The molecule has 0 saturated carbocycles. The molecule has 0 fully saturated rings. The van der Waals surface area contributed by atoms with Crippen molar-refractivity contribution in [1.29, 1.82) is 5.26 Å². The first kappa shape index (κ1) is 14.9. The van der Waals surface area contributed by atoms with Gasteiger partial charge in [-0.15, -0.1) is 0 Å². The van der Waals surface area contributed by atoms with Crippen LogP contribution in [-0.4, -0.2) is 17.9 Å². The molecule has 1 aromatic heterocycles. The molecule has 1 atom stereocenters. The quantitative estimate of drug-likeness (QED) is 0.779. The van der Waals surface area contributed by atoms with Crippen LogP contribution in [0.1, 0.15) is 25.8 Å². The number of carbonyl (C=O) groups is 1. The van der Waals surface area contributed by atoms with Gasteiger partial charge in [-0.2, -0.15) is 5.26 Å². The van der Waals surface area contributed by atoms with Gasteiger partial charge >= 0.3 is 0 Å². The van der Waals surface area contributed by atoms with Gasteiger partial charge in [-0.1, -0.05) is 19.9 Å². The SMILES string of the molecule is CO[C@]1(c2cccnc2Br)C=C(C#N)C(=O)C(C)(C)C1. The molecule has 1 aliphatic carbocycles. The Morgan fingerprint density at radius 2 is 2.20 bits per heavy atom. The number of ether oxygens (including phenoxy) is 1. The molecule has 4 nitrogen and oxygen atoms in total. The van der Waals surface area contributed by atoms with Gasteiger partial charge in [0.2, 0.25) is 0 Å². The van der Waals surface area contributed by atoms with E-state index >= 15 is 0 Å². The molecule has 104 valence electrons. The number of Topliss-reactive ketones (excluding diaryl/α,β-unsaturated/α-hetero) is 1. The maximum atomic E-state index is 12.2. The summed E-state index contributed by atoms with van der Waals surface area (Å²) in [5.41, 5.74) is -0.532. The lowest BCUT2D eigenvalue weighted by Gasteiger charge is -2.40. The fourth-order valence-corrected chi connectivity index (χ4v) is 3.24. The first-order valence-electron chi connectivity index (χ1n) is 6.20. The number of nitriles is 1. The molecule has 0 radical (unpaired) electrons. The molecule has 0 amide bonds. The number of pyridine rings is 1. The van der Waals surface area contributed by atoms with E-state index < -0.39 is 11.0 Å². The molecule has 0 aromatic carbocycles. The van der Waals surface area contributed by atoms with Crippen molar-refractivity contribution in [3.63, 3.8) is 0 Å². The lowest BCUT2D eigenvalue weighted by Crippen LogP contribution is -2.42. The van der Waals surface area contributed by atoms with Crippen LogP contribution in [0.2, 0.25) is 0 Å². The number of hydrogen-bond donors (Lipinski definition) is 0. The summed E-state index contributed by atoms with van der Waals surface area (Å²) in [6, 6.07) is 5.68. The van der Waals surface area contributed by atoms with E-state index in [1.54, 1.807) is 19.4 Å². The van der Waals surface area contributed by atoms with E-state index in [1.807, 2.05) is 32.0 Å². The van der Waals surface area contributed by atoms with E-state index in [0.717, 1.165) is 5.56 Å². The van der Waals surface area contributed by atoms with Gasteiger partial charge in [0.1, 0.15) is 16.3 Å². The molecule has 1 heterocycles. The first-order chi connectivity index (χ1) is 9.36. The third kappa shape index (κ3) is 2.30. The number of methoxy groups -OCH3 is 1. The fourth-order valence-electron chi connectivity index (χ4n) is 2.65. The van der Waals surface area contributed by atoms with Crippen LogP contribution in [-0.2, 0) is 15.1 Å². The molecule has 20 heavy (non-hydrogen) atoms. The monoisotopic (exact) mass is 334 g/mol. The largest absolute Gasteiger partial charge is 0.369 e. The summed E-state index contributed by atoms with van der Waals surface area (Å²) in [5, 5.41) is 9.22. The Morgan fingerprint density at radius 3 is 2.75 bits per heavy atom. The number of rotatable bonds is 2. The topological polar surface area (TPSA) is 63.0 Å². The Hall–Kier alpha value is -1.51. The Labute approximate surface area is 126 Å². The number of allylic oxidation sites excluding steroid dienone is 1. The van der Waals surface area contributed by atoms with Crippen LogP contribution in [0.25, 0.3) is 0 Å². The zero-order chi connectivity index (χ0) is 15.0. The molecule has 0 saturated heterocycles. The highest BCUT2D eigenvalue weighted by Crippen LogP contribution is 2.46. The van der Waals surface area contributed by atoms with E-state index in [-0.39, 0.29) is 11.4 Å². The third-order valence-electron chi connectivity index (χ3n) is 3.64. The normalized spacial score (nSPS) is 24.9. The van der Waals surface area contributed by atoms with Crippen LogP contribution in [0.4, 0.5) is 0 Å². The average Bonchev–Trinajstić information content (AvgIpc) is 2.42. The summed E-state index contributed by atoms with van der Waals surface area (Å²) < 4.78 is 6.37. The van der Waals surface area contributed by atoms with Crippen molar-refractivity contribution in [2.75, 3.05) is 7.11 Å². The van der Waals surface area contributed by atoms with Crippen molar-refractivity contribution >= 4 is 21.7 Å². The van der Waals surface area contributed by atoms with Gasteiger partial charge in [-0.3, -0.25) is 4.79 Å². The third-order valence-corrected chi connectivity index (χ3v) is 4.27. The Bertz CT molecular complexity index is 631. The summed E-state index contributed by atoms with van der Waals surface area (Å²) in [4.78, 5) is 16.4. The van der Waals surface area contributed by atoms with Crippen LogP contribution in [0.5, 0.6) is 0 Å². The smallest absolute Gasteiger partial charge is 0.178 e. The van der Waals surface area contributed by atoms with Gasteiger partial charge in [-0.25, -0.2) is 4.98 Å². The van der Waals surface area contributed by atoms with Crippen molar-refractivity contribution in [1.82, 2.24) is 4.98 Å². The number of carbonyl (C=O) groups excluding carboxylic acids is 1. The number of hydrogen-bond acceptors (Lipinski definition) is 4. The Morgan fingerprint density at radius 1 is 1.50 bits per heavy atom. The number of halogens is 1. The number of nitrogens with zero attached hydrogens (tertiary/aromatic N) is 2. The van der Waals surface area contributed by atoms with Crippen LogP contribution in [0, 0.1) is 16.7 Å². The first-order valence-corrected chi connectivity index (χ1v) is 6.99. The summed E-state index contributed by atoms with van der Waals surface area (Å²) in [5.74, 6) is -0.146. The molecule has 0 aliphatic heterocycles. The molecule has 1 aromatic rings. The van der Waals surface area contributed by atoms with Crippen molar-refractivity contribution in [2.45, 2.75) is 25.9 Å². The van der Waals surface area contributed by atoms with Gasteiger partial charge in [0.05, 0.1) is 5.57 Å². The minimum Gasteiger partial charge on any atom is -0.369 e. The number of aromatic nitrogens is 1. The molecular weight excluding hydrogens is 320 g/mol. The van der Waals surface area contributed by atoms with E-state index in [1.165, 1.54) is 0 Å². The minimum atomic E-state index is -0.824. The van der Waals surface area contributed by atoms with E-state index in [2.05, 4.69) is 20.9 Å². The second kappa shape index (κ2) is 5.12.